The van der Waals surface area contributed by atoms with Crippen molar-refractivity contribution in [1.82, 2.24) is 4.90 Å². The molecule has 17 heavy (non-hydrogen) atoms. The van der Waals surface area contributed by atoms with Gasteiger partial charge in [-0.25, -0.2) is 0 Å². The molecule has 0 aromatic heterocycles. The van der Waals surface area contributed by atoms with Crippen molar-refractivity contribution in [3.63, 3.8) is 0 Å². The summed E-state index contributed by atoms with van der Waals surface area (Å²) in [5.74, 6) is 3.46. The Morgan fingerprint density at radius 1 is 1.24 bits per heavy atom. The molecule has 1 saturated heterocycles. The number of nitrogens with zero attached hydrogens (tertiary/aromatic N) is 1. The van der Waals surface area contributed by atoms with Crippen LogP contribution in [0.4, 0.5) is 0 Å². The summed E-state index contributed by atoms with van der Waals surface area (Å²) in [6.07, 6.45) is 4.43. The van der Waals surface area contributed by atoms with Crippen LogP contribution in [0.1, 0.15) is 5.56 Å². The fourth-order valence-corrected chi connectivity index (χ4v) is 2.82. The van der Waals surface area contributed by atoms with E-state index < -0.39 is 0 Å². The van der Waals surface area contributed by atoms with Crippen LogP contribution in [0.2, 0.25) is 0 Å². The van der Waals surface area contributed by atoms with Gasteiger partial charge in [0.2, 0.25) is 0 Å². The van der Waals surface area contributed by atoms with Gasteiger partial charge in [-0.3, -0.25) is 4.90 Å². The van der Waals surface area contributed by atoms with Crippen LogP contribution in [0.5, 0.6) is 5.75 Å². The zero-order valence-electron chi connectivity index (χ0n) is 10.3. The monoisotopic (exact) mass is 249 g/mol. The quantitative estimate of drug-likeness (QED) is 0.814. The Morgan fingerprint density at radius 2 is 1.94 bits per heavy atom. The Bertz CT molecular complexity index is 355. The van der Waals surface area contributed by atoms with Gasteiger partial charge in [-0.15, -0.1) is 0 Å². The molecule has 1 fully saturated rings. The van der Waals surface area contributed by atoms with E-state index in [1.165, 1.54) is 30.2 Å². The second-order valence-corrected chi connectivity index (χ2v) is 5.31. The molecule has 1 aliphatic rings. The minimum atomic E-state index is 0.912. The third kappa shape index (κ3) is 4.10. The van der Waals surface area contributed by atoms with Crippen molar-refractivity contribution >= 4 is 17.8 Å². The lowest BCUT2D eigenvalue weighted by molar-refractivity contribution is 0.336. The van der Waals surface area contributed by atoms with Crippen molar-refractivity contribution in [2.75, 3.05) is 38.2 Å². The lowest BCUT2D eigenvalue weighted by atomic mass is 10.2. The van der Waals surface area contributed by atoms with Gasteiger partial charge in [-0.05, 0) is 17.7 Å². The summed E-state index contributed by atoms with van der Waals surface area (Å²) in [4.78, 5) is 2.50. The van der Waals surface area contributed by atoms with Crippen LogP contribution in [-0.4, -0.2) is 43.1 Å². The first-order valence-electron chi connectivity index (χ1n) is 5.99. The fraction of sp³-hybridized carbons (Fsp3) is 0.429. The lowest BCUT2D eigenvalue weighted by Crippen LogP contribution is -2.32. The Hall–Kier alpha value is -0.930. The first kappa shape index (κ1) is 12.5. The summed E-state index contributed by atoms with van der Waals surface area (Å²) in [6.45, 7) is 3.50. The fourth-order valence-electron chi connectivity index (χ4n) is 1.84. The van der Waals surface area contributed by atoms with E-state index in [9.17, 15) is 0 Å². The van der Waals surface area contributed by atoms with Gasteiger partial charge in [-0.2, -0.15) is 11.8 Å². The zero-order valence-corrected chi connectivity index (χ0v) is 11.1. The summed E-state index contributed by atoms with van der Waals surface area (Å²) in [7, 11) is 1.69. The highest BCUT2D eigenvalue weighted by Crippen LogP contribution is 2.13. The number of methoxy groups -OCH3 is 1. The molecule has 1 heterocycles. The normalized spacial score (nSPS) is 17.5. The van der Waals surface area contributed by atoms with Crippen LogP contribution in [0.15, 0.2) is 30.3 Å². The van der Waals surface area contributed by atoms with Gasteiger partial charge < -0.3 is 4.74 Å². The smallest absolute Gasteiger partial charge is 0.118 e. The van der Waals surface area contributed by atoms with Crippen LogP contribution >= 0.6 is 11.8 Å². The summed E-state index contributed by atoms with van der Waals surface area (Å²) in [6, 6.07) is 8.16. The number of benzene rings is 1. The van der Waals surface area contributed by atoms with Crippen LogP contribution in [0.3, 0.4) is 0 Å². The largest absolute Gasteiger partial charge is 0.497 e. The molecule has 0 aliphatic carbocycles. The minimum Gasteiger partial charge on any atom is -0.497 e. The molecule has 1 aromatic rings. The van der Waals surface area contributed by atoms with E-state index in [1.54, 1.807) is 7.11 Å². The second kappa shape index (κ2) is 6.72. The molecule has 0 bridgehead atoms. The Balaban J connectivity index is 1.82. The molecule has 0 atom stereocenters. The Kier molecular flexibility index (Phi) is 4.95. The van der Waals surface area contributed by atoms with Crippen molar-refractivity contribution in [2.24, 2.45) is 0 Å². The molecule has 0 amide bonds. The van der Waals surface area contributed by atoms with Crippen LogP contribution in [-0.2, 0) is 0 Å². The third-order valence-electron chi connectivity index (χ3n) is 2.89. The molecular formula is C14H19NOS. The molecule has 0 radical (unpaired) electrons. The van der Waals surface area contributed by atoms with E-state index in [4.69, 9.17) is 4.74 Å². The topological polar surface area (TPSA) is 12.5 Å². The van der Waals surface area contributed by atoms with E-state index in [0.717, 1.165) is 12.3 Å². The molecule has 3 heteroatoms. The number of hydrogen-bond donors (Lipinski definition) is 0. The summed E-state index contributed by atoms with van der Waals surface area (Å²) >= 11 is 2.05. The molecule has 2 rings (SSSR count). The molecular weight excluding hydrogens is 230 g/mol. The standard InChI is InChI=1S/C14H19NOS/c1-16-14-6-4-13(5-7-14)3-2-8-15-9-11-17-12-10-15/h2-7H,8-12H2,1H3/b3-2+. The number of ether oxygens (including phenoxy) is 1. The molecule has 0 N–H and O–H groups in total. The predicted octanol–water partition coefficient (Wildman–Crippen LogP) is 2.76. The third-order valence-corrected chi connectivity index (χ3v) is 3.84. The van der Waals surface area contributed by atoms with Crippen molar-refractivity contribution in [2.45, 2.75) is 0 Å². The maximum atomic E-state index is 5.13. The van der Waals surface area contributed by atoms with Gasteiger partial charge in [-0.1, -0.05) is 24.3 Å². The predicted molar refractivity (Wildman–Crippen MR) is 75.8 cm³/mol. The first-order valence-corrected chi connectivity index (χ1v) is 7.14. The van der Waals surface area contributed by atoms with E-state index in [0.29, 0.717) is 0 Å². The number of hydrogen-bond acceptors (Lipinski definition) is 3. The van der Waals surface area contributed by atoms with Crippen molar-refractivity contribution in [3.05, 3.63) is 35.9 Å². The summed E-state index contributed by atoms with van der Waals surface area (Å²) in [5.41, 5.74) is 1.23. The summed E-state index contributed by atoms with van der Waals surface area (Å²) in [5, 5.41) is 0. The van der Waals surface area contributed by atoms with Crippen molar-refractivity contribution in [3.8, 4) is 5.75 Å². The molecule has 92 valence electrons. The molecule has 0 unspecified atom stereocenters. The SMILES string of the molecule is COc1ccc(/C=C/CN2CCSCC2)cc1. The van der Waals surface area contributed by atoms with Gasteiger partial charge in [0.25, 0.3) is 0 Å². The van der Waals surface area contributed by atoms with Crippen molar-refractivity contribution in [1.29, 1.82) is 0 Å². The maximum absolute atomic E-state index is 5.13. The molecule has 1 aliphatic heterocycles. The van der Waals surface area contributed by atoms with Crippen LogP contribution in [0.25, 0.3) is 6.08 Å². The van der Waals surface area contributed by atoms with E-state index in [-0.39, 0.29) is 0 Å². The molecule has 0 saturated carbocycles. The van der Waals surface area contributed by atoms with Gasteiger partial charge in [0, 0.05) is 31.1 Å². The number of rotatable bonds is 4. The van der Waals surface area contributed by atoms with E-state index in [1.807, 2.05) is 12.1 Å². The molecule has 1 aromatic carbocycles. The maximum Gasteiger partial charge on any atom is 0.118 e. The first-order chi connectivity index (χ1) is 8.38. The highest BCUT2D eigenvalue weighted by atomic mass is 32.2. The van der Waals surface area contributed by atoms with Crippen LogP contribution in [0, 0.1) is 0 Å². The lowest BCUT2D eigenvalue weighted by Gasteiger charge is -2.24. The highest BCUT2D eigenvalue weighted by Gasteiger charge is 2.07. The average molecular weight is 249 g/mol. The molecule has 2 nitrogen and oxygen atoms in total. The second-order valence-electron chi connectivity index (χ2n) is 4.09. The minimum absolute atomic E-state index is 0.912. The number of thioether (sulfide) groups is 1. The van der Waals surface area contributed by atoms with Gasteiger partial charge in [0.15, 0.2) is 0 Å². The van der Waals surface area contributed by atoms with E-state index >= 15 is 0 Å². The van der Waals surface area contributed by atoms with Crippen LogP contribution < -0.4 is 4.74 Å². The highest BCUT2D eigenvalue weighted by molar-refractivity contribution is 7.99. The Labute approximate surface area is 108 Å². The Morgan fingerprint density at radius 3 is 2.59 bits per heavy atom. The van der Waals surface area contributed by atoms with E-state index in [2.05, 4.69) is 40.9 Å². The van der Waals surface area contributed by atoms with Gasteiger partial charge in [0.1, 0.15) is 5.75 Å². The van der Waals surface area contributed by atoms with Gasteiger partial charge in [0.05, 0.1) is 7.11 Å². The summed E-state index contributed by atoms with van der Waals surface area (Å²) < 4.78 is 5.13. The van der Waals surface area contributed by atoms with Crippen molar-refractivity contribution < 1.29 is 4.74 Å². The zero-order chi connectivity index (χ0) is 11.9. The van der Waals surface area contributed by atoms with Gasteiger partial charge >= 0.3 is 0 Å². The average Bonchev–Trinajstić information content (AvgIpc) is 2.41. The molecule has 0 spiro atoms.